The standard InChI is InChI=1S/C71H48N2/c1-5-20-50(21-6-1)59-29-15-16-30-60(59)52-38-44-58(45-39-52)72(67-35-19-34-66-69(67)64-32-17-18-33-65(64)71(66,54-23-7-2-8-24-54)55-25-9-3-10-26-55)57-42-36-49(37-43-57)53-41-46-62-63-47-40-51-22-13-14-31-61(51)70(63)73(68(62)48-53)56-27-11-4-12-28-56/h1-48H. The third-order valence-electron chi connectivity index (χ3n) is 15.3. The molecule has 1 aliphatic rings. The Morgan fingerprint density at radius 1 is 0.315 bits per heavy atom. The lowest BCUT2D eigenvalue weighted by atomic mass is 9.68. The number of fused-ring (bicyclic) bond motifs is 8. The molecular formula is C71H48N2. The maximum atomic E-state index is 2.47. The van der Waals surface area contributed by atoms with Crippen molar-refractivity contribution in [3.63, 3.8) is 0 Å². The minimum Gasteiger partial charge on any atom is -0.310 e. The van der Waals surface area contributed by atoms with Crippen LogP contribution in [0.15, 0.2) is 291 Å². The van der Waals surface area contributed by atoms with Crippen molar-refractivity contribution in [2.45, 2.75) is 5.41 Å². The van der Waals surface area contributed by atoms with Crippen molar-refractivity contribution in [3.05, 3.63) is 313 Å². The summed E-state index contributed by atoms with van der Waals surface area (Å²) in [6, 6.07) is 107. The second kappa shape index (κ2) is 17.4. The maximum Gasteiger partial charge on any atom is 0.0714 e. The molecule has 0 aliphatic heterocycles. The van der Waals surface area contributed by atoms with Crippen LogP contribution in [0.3, 0.4) is 0 Å². The van der Waals surface area contributed by atoms with Gasteiger partial charge in [0, 0.05) is 38.8 Å². The molecule has 0 N–H and O–H groups in total. The molecule has 14 rings (SSSR count). The Labute approximate surface area is 426 Å². The molecule has 342 valence electrons. The lowest BCUT2D eigenvalue weighted by Gasteiger charge is -2.34. The zero-order chi connectivity index (χ0) is 48.3. The lowest BCUT2D eigenvalue weighted by molar-refractivity contribution is 0.768. The molecule has 0 unspecified atom stereocenters. The van der Waals surface area contributed by atoms with E-state index in [4.69, 9.17) is 0 Å². The van der Waals surface area contributed by atoms with Crippen molar-refractivity contribution < 1.29 is 0 Å². The quantitative estimate of drug-likeness (QED) is 0.140. The molecule has 13 aromatic rings. The lowest BCUT2D eigenvalue weighted by Crippen LogP contribution is -2.28. The molecule has 1 aliphatic carbocycles. The Hall–Kier alpha value is -9.50. The summed E-state index contributed by atoms with van der Waals surface area (Å²) < 4.78 is 2.45. The fourth-order valence-corrected chi connectivity index (χ4v) is 12.1. The fourth-order valence-electron chi connectivity index (χ4n) is 12.1. The van der Waals surface area contributed by atoms with Crippen LogP contribution in [0.4, 0.5) is 17.1 Å². The first kappa shape index (κ1) is 42.4. The van der Waals surface area contributed by atoms with Crippen molar-refractivity contribution in [1.29, 1.82) is 0 Å². The van der Waals surface area contributed by atoms with Crippen LogP contribution in [0.2, 0.25) is 0 Å². The van der Waals surface area contributed by atoms with Gasteiger partial charge in [0.2, 0.25) is 0 Å². The van der Waals surface area contributed by atoms with Crippen LogP contribution >= 0.6 is 0 Å². The molecule has 1 heterocycles. The van der Waals surface area contributed by atoms with Gasteiger partial charge in [-0.15, -0.1) is 0 Å². The van der Waals surface area contributed by atoms with Crippen LogP contribution in [0.5, 0.6) is 0 Å². The SMILES string of the molecule is c1ccc(-c2ccccc2-c2ccc(N(c3ccc(-c4ccc5c6ccc7ccccc7c6n(-c6ccccc6)c5c4)cc3)c3cccc4c3-c3ccccc3C4(c3ccccc3)c3ccccc3)cc2)cc1. The van der Waals surface area contributed by atoms with Crippen LogP contribution in [0, 0.1) is 0 Å². The maximum absolute atomic E-state index is 2.47. The van der Waals surface area contributed by atoms with Crippen molar-refractivity contribution in [2.75, 3.05) is 4.90 Å². The highest BCUT2D eigenvalue weighted by Crippen LogP contribution is 2.59. The normalized spacial score (nSPS) is 12.5. The first-order chi connectivity index (χ1) is 36.2. The van der Waals surface area contributed by atoms with Gasteiger partial charge in [-0.2, -0.15) is 0 Å². The first-order valence-corrected chi connectivity index (χ1v) is 25.3. The Balaban J connectivity index is 0.953. The van der Waals surface area contributed by atoms with Gasteiger partial charge in [0.1, 0.15) is 0 Å². The van der Waals surface area contributed by atoms with Crippen molar-refractivity contribution in [2.24, 2.45) is 0 Å². The highest BCUT2D eigenvalue weighted by Gasteiger charge is 2.47. The van der Waals surface area contributed by atoms with Gasteiger partial charge in [-0.3, -0.25) is 0 Å². The Morgan fingerprint density at radius 3 is 1.49 bits per heavy atom. The van der Waals surface area contributed by atoms with Crippen LogP contribution in [-0.4, -0.2) is 4.57 Å². The zero-order valence-corrected chi connectivity index (χ0v) is 40.1. The van der Waals surface area contributed by atoms with E-state index in [9.17, 15) is 0 Å². The molecule has 0 saturated carbocycles. The summed E-state index contributed by atoms with van der Waals surface area (Å²) in [4.78, 5) is 2.47. The van der Waals surface area contributed by atoms with E-state index in [1.807, 2.05) is 0 Å². The third-order valence-corrected chi connectivity index (χ3v) is 15.3. The first-order valence-electron chi connectivity index (χ1n) is 25.3. The molecule has 0 atom stereocenters. The molecule has 2 heteroatoms. The average Bonchev–Trinajstić information content (AvgIpc) is 3.98. The molecule has 0 bridgehead atoms. The Bertz CT molecular complexity index is 4120. The number of hydrogen-bond acceptors (Lipinski definition) is 1. The van der Waals surface area contributed by atoms with Crippen molar-refractivity contribution in [1.82, 2.24) is 4.57 Å². The van der Waals surface area contributed by atoms with E-state index in [0.29, 0.717) is 0 Å². The summed E-state index contributed by atoms with van der Waals surface area (Å²) in [5.74, 6) is 0. The largest absolute Gasteiger partial charge is 0.310 e. The monoisotopic (exact) mass is 928 g/mol. The fraction of sp³-hybridized carbons (Fsp3) is 0.0141. The number of hydrogen-bond donors (Lipinski definition) is 0. The average molecular weight is 929 g/mol. The van der Waals surface area contributed by atoms with Crippen LogP contribution in [0.25, 0.3) is 82.8 Å². The van der Waals surface area contributed by atoms with Gasteiger partial charge >= 0.3 is 0 Å². The van der Waals surface area contributed by atoms with Crippen molar-refractivity contribution >= 4 is 49.6 Å². The summed E-state index contributed by atoms with van der Waals surface area (Å²) in [5.41, 5.74) is 21.0. The van der Waals surface area contributed by atoms with E-state index in [0.717, 1.165) is 28.3 Å². The van der Waals surface area contributed by atoms with Gasteiger partial charge in [-0.25, -0.2) is 0 Å². The molecule has 0 amide bonds. The number of para-hydroxylation sites is 1. The minimum absolute atomic E-state index is 0.530. The molecule has 2 nitrogen and oxygen atoms in total. The smallest absolute Gasteiger partial charge is 0.0714 e. The van der Waals surface area contributed by atoms with Gasteiger partial charge in [0.15, 0.2) is 0 Å². The van der Waals surface area contributed by atoms with Crippen LogP contribution in [0.1, 0.15) is 22.3 Å². The van der Waals surface area contributed by atoms with Gasteiger partial charge < -0.3 is 9.47 Å². The van der Waals surface area contributed by atoms with Gasteiger partial charge in [0.05, 0.1) is 22.1 Å². The summed E-state index contributed by atoms with van der Waals surface area (Å²) in [6.07, 6.45) is 0. The second-order valence-electron chi connectivity index (χ2n) is 19.2. The van der Waals surface area contributed by atoms with Crippen LogP contribution < -0.4 is 4.90 Å². The highest BCUT2D eigenvalue weighted by molar-refractivity contribution is 6.19. The summed E-state index contributed by atoms with van der Waals surface area (Å²) in [6.45, 7) is 0. The summed E-state index contributed by atoms with van der Waals surface area (Å²) in [7, 11) is 0. The van der Waals surface area contributed by atoms with E-state index in [2.05, 4.69) is 301 Å². The van der Waals surface area contributed by atoms with Crippen LogP contribution in [-0.2, 0) is 5.41 Å². The molecule has 1 aromatic heterocycles. The number of anilines is 3. The van der Waals surface area contributed by atoms with E-state index in [-0.39, 0.29) is 0 Å². The molecule has 0 fully saturated rings. The minimum atomic E-state index is -0.530. The van der Waals surface area contributed by atoms with E-state index < -0.39 is 5.41 Å². The van der Waals surface area contributed by atoms with Gasteiger partial charge in [-0.05, 0) is 115 Å². The predicted octanol–water partition coefficient (Wildman–Crippen LogP) is 18.8. The number of aromatic nitrogens is 1. The summed E-state index contributed by atoms with van der Waals surface area (Å²) >= 11 is 0. The zero-order valence-electron chi connectivity index (χ0n) is 40.1. The predicted molar refractivity (Wildman–Crippen MR) is 307 cm³/mol. The molecule has 0 radical (unpaired) electrons. The van der Waals surface area contributed by atoms with E-state index in [1.165, 1.54) is 93.8 Å². The third kappa shape index (κ3) is 6.79. The van der Waals surface area contributed by atoms with E-state index in [1.54, 1.807) is 0 Å². The number of benzene rings is 12. The van der Waals surface area contributed by atoms with Gasteiger partial charge in [0.25, 0.3) is 0 Å². The van der Waals surface area contributed by atoms with E-state index >= 15 is 0 Å². The number of nitrogens with zero attached hydrogens (tertiary/aromatic N) is 2. The topological polar surface area (TPSA) is 8.17 Å². The highest BCUT2D eigenvalue weighted by atomic mass is 15.1. The second-order valence-corrected chi connectivity index (χ2v) is 19.2. The number of rotatable bonds is 9. The van der Waals surface area contributed by atoms with Crippen molar-refractivity contribution in [3.8, 4) is 50.2 Å². The molecule has 12 aromatic carbocycles. The Morgan fingerprint density at radius 2 is 0.822 bits per heavy atom. The van der Waals surface area contributed by atoms with Gasteiger partial charge in [-0.1, -0.05) is 243 Å². The molecular weight excluding hydrogens is 881 g/mol. The Kier molecular flexibility index (Phi) is 10.1. The molecule has 73 heavy (non-hydrogen) atoms. The molecule has 0 spiro atoms. The summed E-state index contributed by atoms with van der Waals surface area (Å²) in [5, 5.41) is 4.98. The molecule has 0 saturated heterocycles.